The lowest BCUT2D eigenvalue weighted by Crippen LogP contribution is -2.52. The second-order valence-electron chi connectivity index (χ2n) is 5.25. The van der Waals surface area contributed by atoms with E-state index in [-0.39, 0.29) is 11.5 Å². The maximum absolute atomic E-state index is 11.7. The molecule has 2 N–H and O–H groups in total. The van der Waals surface area contributed by atoms with Crippen molar-refractivity contribution in [2.24, 2.45) is 5.73 Å². The van der Waals surface area contributed by atoms with Crippen molar-refractivity contribution in [1.29, 1.82) is 0 Å². The summed E-state index contributed by atoms with van der Waals surface area (Å²) in [7, 11) is -0.985. The third kappa shape index (κ3) is 3.37. The molecule has 1 fully saturated rings. The number of nitrogens with zero attached hydrogens (tertiary/aromatic N) is 1. The van der Waals surface area contributed by atoms with Crippen LogP contribution < -0.4 is 5.73 Å². The van der Waals surface area contributed by atoms with Gasteiger partial charge in [0.1, 0.15) is 0 Å². The van der Waals surface area contributed by atoms with Gasteiger partial charge < -0.3 is 5.73 Å². The maximum atomic E-state index is 11.7. The van der Waals surface area contributed by atoms with Crippen LogP contribution in [0.1, 0.15) is 12.0 Å². The highest BCUT2D eigenvalue weighted by Gasteiger charge is 2.44. The summed E-state index contributed by atoms with van der Waals surface area (Å²) in [6.07, 6.45) is 0.624. The van der Waals surface area contributed by atoms with E-state index in [0.717, 1.165) is 10.0 Å². The Morgan fingerprint density at radius 1 is 1.37 bits per heavy atom. The molecule has 1 heterocycles. The van der Waals surface area contributed by atoms with Gasteiger partial charge in [-0.3, -0.25) is 4.90 Å². The lowest BCUT2D eigenvalue weighted by atomic mass is 9.96. The van der Waals surface area contributed by atoms with Crippen molar-refractivity contribution >= 4 is 25.8 Å². The van der Waals surface area contributed by atoms with E-state index in [1.54, 1.807) is 0 Å². The second-order valence-corrected chi connectivity index (χ2v) is 8.35. The Labute approximate surface area is 123 Å². The van der Waals surface area contributed by atoms with Crippen LogP contribution in [0.5, 0.6) is 0 Å². The van der Waals surface area contributed by atoms with Gasteiger partial charge in [-0.15, -0.1) is 0 Å². The minimum atomic E-state index is -2.94. The van der Waals surface area contributed by atoms with Gasteiger partial charge >= 0.3 is 0 Å². The van der Waals surface area contributed by atoms with Crippen molar-refractivity contribution in [1.82, 2.24) is 4.90 Å². The molecule has 4 nitrogen and oxygen atoms in total. The number of halogens is 1. The van der Waals surface area contributed by atoms with Gasteiger partial charge in [0.2, 0.25) is 0 Å². The average Bonchev–Trinajstić information content (AvgIpc) is 2.69. The van der Waals surface area contributed by atoms with Crippen molar-refractivity contribution in [3.05, 3.63) is 34.3 Å². The van der Waals surface area contributed by atoms with Crippen LogP contribution in [0.2, 0.25) is 0 Å². The molecule has 106 valence electrons. The van der Waals surface area contributed by atoms with E-state index < -0.39 is 15.4 Å². The first kappa shape index (κ1) is 15.0. The van der Waals surface area contributed by atoms with Crippen LogP contribution in [-0.2, 0) is 16.4 Å². The van der Waals surface area contributed by atoms with Crippen LogP contribution in [0.25, 0.3) is 0 Å². The van der Waals surface area contributed by atoms with Gasteiger partial charge in [0.05, 0.1) is 11.5 Å². The lowest BCUT2D eigenvalue weighted by molar-refractivity contribution is 0.143. The molecule has 0 saturated carbocycles. The Kier molecular flexibility index (Phi) is 4.35. The molecule has 1 aliphatic rings. The monoisotopic (exact) mass is 346 g/mol. The van der Waals surface area contributed by atoms with E-state index in [1.807, 2.05) is 31.3 Å². The first-order chi connectivity index (χ1) is 8.87. The second kappa shape index (κ2) is 5.52. The van der Waals surface area contributed by atoms with Gasteiger partial charge in [0, 0.05) is 23.1 Å². The van der Waals surface area contributed by atoms with Crippen LogP contribution in [0, 0.1) is 0 Å². The van der Waals surface area contributed by atoms with Gasteiger partial charge in [0.25, 0.3) is 0 Å². The summed E-state index contributed by atoms with van der Waals surface area (Å²) in [4.78, 5) is 2.08. The first-order valence-corrected chi connectivity index (χ1v) is 8.84. The van der Waals surface area contributed by atoms with Gasteiger partial charge in [-0.25, -0.2) is 8.42 Å². The van der Waals surface area contributed by atoms with Crippen LogP contribution in [-0.4, -0.2) is 44.0 Å². The SMILES string of the molecule is CN(Cc1ccc(Br)cc1)C1(CN)CCS(=O)(=O)C1. The molecule has 0 aromatic heterocycles. The van der Waals surface area contributed by atoms with Crippen molar-refractivity contribution < 1.29 is 8.42 Å². The number of rotatable bonds is 4. The van der Waals surface area contributed by atoms with E-state index in [4.69, 9.17) is 5.73 Å². The molecule has 1 aliphatic heterocycles. The van der Waals surface area contributed by atoms with Crippen molar-refractivity contribution in [2.75, 3.05) is 25.1 Å². The topological polar surface area (TPSA) is 63.4 Å². The zero-order valence-corrected chi connectivity index (χ0v) is 13.4. The highest BCUT2D eigenvalue weighted by atomic mass is 79.9. The molecular formula is C13H19BrN2O2S. The van der Waals surface area contributed by atoms with E-state index >= 15 is 0 Å². The average molecular weight is 347 g/mol. The predicted molar refractivity (Wildman–Crippen MR) is 80.7 cm³/mol. The summed E-state index contributed by atoms with van der Waals surface area (Å²) >= 11 is 3.40. The van der Waals surface area contributed by atoms with E-state index in [1.165, 1.54) is 0 Å². The Bertz CT molecular complexity index is 544. The number of hydrogen-bond donors (Lipinski definition) is 1. The molecule has 0 bridgehead atoms. The van der Waals surface area contributed by atoms with Crippen LogP contribution in [0.15, 0.2) is 28.7 Å². The largest absolute Gasteiger partial charge is 0.329 e. The van der Waals surface area contributed by atoms with Crippen LogP contribution in [0.4, 0.5) is 0 Å². The lowest BCUT2D eigenvalue weighted by Gasteiger charge is -2.36. The van der Waals surface area contributed by atoms with Crippen molar-refractivity contribution in [3.63, 3.8) is 0 Å². The Hall–Kier alpha value is -0.430. The fourth-order valence-electron chi connectivity index (χ4n) is 2.55. The number of nitrogens with two attached hydrogens (primary N) is 1. The number of benzene rings is 1. The van der Waals surface area contributed by atoms with E-state index in [0.29, 0.717) is 19.5 Å². The molecule has 0 amide bonds. The molecule has 1 aromatic carbocycles. The molecule has 2 rings (SSSR count). The fraction of sp³-hybridized carbons (Fsp3) is 0.538. The maximum Gasteiger partial charge on any atom is 0.152 e. The zero-order valence-electron chi connectivity index (χ0n) is 11.0. The zero-order chi connectivity index (χ0) is 14.1. The van der Waals surface area contributed by atoms with Gasteiger partial charge in [-0.05, 0) is 31.2 Å². The number of hydrogen-bond acceptors (Lipinski definition) is 4. The smallest absolute Gasteiger partial charge is 0.152 e. The van der Waals surface area contributed by atoms with E-state index in [2.05, 4.69) is 20.8 Å². The number of sulfone groups is 1. The summed E-state index contributed by atoms with van der Waals surface area (Å²) in [5, 5.41) is 0. The summed E-state index contributed by atoms with van der Waals surface area (Å²) in [6.45, 7) is 1.08. The molecule has 6 heteroatoms. The third-order valence-electron chi connectivity index (χ3n) is 3.89. The molecule has 1 unspecified atom stereocenters. The van der Waals surface area contributed by atoms with Crippen molar-refractivity contribution in [2.45, 2.75) is 18.5 Å². The minimum Gasteiger partial charge on any atom is -0.329 e. The summed E-state index contributed by atoms with van der Waals surface area (Å²) < 4.78 is 24.5. The molecule has 1 atom stereocenters. The van der Waals surface area contributed by atoms with Gasteiger partial charge in [0.15, 0.2) is 9.84 Å². The highest BCUT2D eigenvalue weighted by Crippen LogP contribution is 2.29. The van der Waals surface area contributed by atoms with Crippen molar-refractivity contribution in [3.8, 4) is 0 Å². The Morgan fingerprint density at radius 3 is 2.47 bits per heavy atom. The quantitative estimate of drug-likeness (QED) is 0.894. The fourth-order valence-corrected chi connectivity index (χ4v) is 4.95. The van der Waals surface area contributed by atoms with Gasteiger partial charge in [-0.1, -0.05) is 28.1 Å². The first-order valence-electron chi connectivity index (χ1n) is 6.23. The molecule has 0 spiro atoms. The summed E-state index contributed by atoms with van der Waals surface area (Å²) in [6, 6.07) is 8.05. The normalized spacial score (nSPS) is 25.9. The number of likely N-dealkylation sites (N-methyl/N-ethyl adjacent to an activating group) is 1. The summed E-state index contributed by atoms with van der Waals surface area (Å²) in [5.41, 5.74) is 6.60. The Balaban J connectivity index is 2.14. The third-order valence-corrected chi connectivity index (χ3v) is 6.22. The molecule has 19 heavy (non-hydrogen) atoms. The van der Waals surface area contributed by atoms with E-state index in [9.17, 15) is 8.42 Å². The highest BCUT2D eigenvalue weighted by molar-refractivity contribution is 9.10. The van der Waals surface area contributed by atoms with Gasteiger partial charge in [-0.2, -0.15) is 0 Å². The van der Waals surface area contributed by atoms with Crippen LogP contribution >= 0.6 is 15.9 Å². The van der Waals surface area contributed by atoms with Crippen LogP contribution in [0.3, 0.4) is 0 Å². The Morgan fingerprint density at radius 2 is 2.00 bits per heavy atom. The predicted octanol–water partition coefficient (Wildman–Crippen LogP) is 1.40. The molecule has 0 radical (unpaired) electrons. The molecule has 1 aromatic rings. The standard InChI is InChI=1S/C13H19BrN2O2S/c1-16(8-11-2-4-12(14)5-3-11)13(9-15)6-7-19(17,18)10-13/h2-5H,6-10,15H2,1H3. The minimum absolute atomic E-state index is 0.170. The molecule has 1 saturated heterocycles. The molecule has 0 aliphatic carbocycles. The summed E-state index contributed by atoms with van der Waals surface area (Å²) in [5.74, 6) is 0.415. The molecular weight excluding hydrogens is 328 g/mol.